The Balaban J connectivity index is 0.00000181. The number of pyridine rings is 1. The zero-order chi connectivity index (χ0) is 20.9. The number of halogens is 2. The number of rotatable bonds is 8. The zero-order valence-electron chi connectivity index (χ0n) is 18.8. The third-order valence-corrected chi connectivity index (χ3v) is 6.23. The maximum absolute atomic E-state index is 13.0. The Morgan fingerprint density at radius 3 is 2.66 bits per heavy atom. The number of hydrogen-bond acceptors (Lipinski definition) is 5. The summed E-state index contributed by atoms with van der Waals surface area (Å²) < 4.78 is 10.8. The van der Waals surface area contributed by atoms with Gasteiger partial charge in [0.05, 0.1) is 14.2 Å². The minimum Gasteiger partial charge on any atom is -0.493 e. The van der Waals surface area contributed by atoms with E-state index in [4.69, 9.17) is 9.47 Å². The van der Waals surface area contributed by atoms with E-state index in [0.29, 0.717) is 24.0 Å². The quantitative estimate of drug-likeness (QED) is 0.564. The van der Waals surface area contributed by atoms with Gasteiger partial charge in [-0.2, -0.15) is 0 Å². The van der Waals surface area contributed by atoms with Crippen LogP contribution in [0.5, 0.6) is 11.5 Å². The molecule has 2 aromatic rings. The molecule has 0 bridgehead atoms. The maximum atomic E-state index is 13.0. The summed E-state index contributed by atoms with van der Waals surface area (Å²) in [6.45, 7) is 4.81. The number of nitrogens with zero attached hydrogens (tertiary/aromatic N) is 3. The molecular formula is C24H33Cl2N3O3. The van der Waals surface area contributed by atoms with Crippen LogP contribution in [0, 0.1) is 5.92 Å². The van der Waals surface area contributed by atoms with Gasteiger partial charge in [-0.1, -0.05) is 6.07 Å². The molecule has 1 fully saturated rings. The number of amides is 1. The lowest BCUT2D eigenvalue weighted by molar-refractivity contribution is 0.0701. The van der Waals surface area contributed by atoms with Crippen LogP contribution in [0.15, 0.2) is 36.7 Å². The Morgan fingerprint density at radius 2 is 1.94 bits per heavy atom. The van der Waals surface area contributed by atoms with Crippen molar-refractivity contribution >= 4 is 30.7 Å². The summed E-state index contributed by atoms with van der Waals surface area (Å²) in [4.78, 5) is 21.7. The Morgan fingerprint density at radius 1 is 1.16 bits per heavy atom. The summed E-state index contributed by atoms with van der Waals surface area (Å²) in [5, 5.41) is 0. The van der Waals surface area contributed by atoms with Crippen LogP contribution < -0.4 is 9.47 Å². The van der Waals surface area contributed by atoms with Crippen LogP contribution in [0.3, 0.4) is 0 Å². The molecule has 0 radical (unpaired) electrons. The van der Waals surface area contributed by atoms with Crippen LogP contribution in [-0.4, -0.2) is 61.1 Å². The second-order valence-electron chi connectivity index (χ2n) is 8.32. The predicted molar refractivity (Wildman–Crippen MR) is 131 cm³/mol. The van der Waals surface area contributed by atoms with Crippen molar-refractivity contribution in [2.45, 2.75) is 32.2 Å². The lowest BCUT2D eigenvalue weighted by atomic mass is 9.97. The summed E-state index contributed by atoms with van der Waals surface area (Å²) >= 11 is 0. The molecule has 1 amide bonds. The number of carbonyl (C=O) groups excluding carboxylic acids is 1. The Bertz CT molecular complexity index is 882. The first-order valence-corrected chi connectivity index (χ1v) is 10.8. The lowest BCUT2D eigenvalue weighted by Crippen LogP contribution is -2.41. The highest BCUT2D eigenvalue weighted by Gasteiger charge is 2.32. The average molecular weight is 482 g/mol. The highest BCUT2D eigenvalue weighted by molar-refractivity contribution is 5.99. The molecule has 3 heterocycles. The number of fused-ring (bicyclic) bond motifs is 1. The smallest absolute Gasteiger partial charge is 0.254 e. The standard InChI is InChI=1S/C24H31N3O3.2ClH/c1-29-22-12-20-17-27(24(28)21(20)13-23(22)30-2)16-19-8-5-11-26(15-19)10-4-7-18-6-3-9-25-14-18;;/h3,6,9,12-14,19H,4-5,7-8,10-11,15-17H2,1-2H3;2*1H. The minimum absolute atomic E-state index is 0. The Hall–Kier alpha value is -2.02. The number of aromatic nitrogens is 1. The molecule has 0 spiro atoms. The van der Waals surface area contributed by atoms with Gasteiger partial charge >= 0.3 is 0 Å². The monoisotopic (exact) mass is 481 g/mol. The number of piperidine rings is 1. The number of hydrogen-bond donors (Lipinski definition) is 0. The van der Waals surface area contributed by atoms with Crippen molar-refractivity contribution in [2.75, 3.05) is 40.4 Å². The molecule has 1 atom stereocenters. The minimum atomic E-state index is 0. The molecule has 0 N–H and O–H groups in total. The maximum Gasteiger partial charge on any atom is 0.254 e. The van der Waals surface area contributed by atoms with Crippen molar-refractivity contribution < 1.29 is 14.3 Å². The summed E-state index contributed by atoms with van der Waals surface area (Å²) in [6.07, 6.45) is 8.38. The van der Waals surface area contributed by atoms with E-state index in [1.165, 1.54) is 18.4 Å². The first-order chi connectivity index (χ1) is 14.7. The molecule has 1 aromatic carbocycles. The highest BCUT2D eigenvalue weighted by atomic mass is 35.5. The number of benzene rings is 1. The number of aryl methyl sites for hydroxylation is 1. The number of ether oxygens (including phenoxy) is 2. The third kappa shape index (κ3) is 6.06. The molecule has 6 nitrogen and oxygen atoms in total. The largest absolute Gasteiger partial charge is 0.493 e. The second kappa shape index (κ2) is 12.3. The van der Waals surface area contributed by atoms with Gasteiger partial charge in [-0.15, -0.1) is 24.8 Å². The van der Waals surface area contributed by atoms with E-state index in [9.17, 15) is 4.79 Å². The fourth-order valence-corrected chi connectivity index (χ4v) is 4.71. The molecule has 1 aromatic heterocycles. The van der Waals surface area contributed by atoms with E-state index in [1.807, 2.05) is 35.5 Å². The summed E-state index contributed by atoms with van der Waals surface area (Å²) in [6, 6.07) is 7.91. The van der Waals surface area contributed by atoms with Crippen LogP contribution in [0.2, 0.25) is 0 Å². The van der Waals surface area contributed by atoms with Gasteiger partial charge in [0.1, 0.15) is 0 Å². The molecule has 2 aliphatic rings. The Labute approximate surface area is 203 Å². The first-order valence-electron chi connectivity index (χ1n) is 10.8. The first kappa shape index (κ1) is 26.2. The van der Waals surface area contributed by atoms with Crippen LogP contribution >= 0.6 is 24.8 Å². The highest BCUT2D eigenvalue weighted by Crippen LogP contribution is 2.35. The van der Waals surface area contributed by atoms with Gasteiger partial charge in [0.15, 0.2) is 11.5 Å². The summed E-state index contributed by atoms with van der Waals surface area (Å²) in [5.74, 6) is 1.94. The van der Waals surface area contributed by atoms with E-state index in [2.05, 4.69) is 16.0 Å². The van der Waals surface area contributed by atoms with Crippen molar-refractivity contribution in [1.82, 2.24) is 14.8 Å². The van der Waals surface area contributed by atoms with Crippen molar-refractivity contribution in [3.8, 4) is 11.5 Å². The lowest BCUT2D eigenvalue weighted by Gasteiger charge is -2.34. The molecule has 4 rings (SSSR count). The van der Waals surface area contributed by atoms with Crippen LogP contribution in [0.1, 0.15) is 40.7 Å². The van der Waals surface area contributed by atoms with Crippen molar-refractivity contribution in [2.24, 2.45) is 5.92 Å². The van der Waals surface area contributed by atoms with Crippen LogP contribution in [0.25, 0.3) is 0 Å². The van der Waals surface area contributed by atoms with Gasteiger partial charge < -0.3 is 19.3 Å². The topological polar surface area (TPSA) is 54.9 Å². The predicted octanol–water partition coefficient (Wildman–Crippen LogP) is 4.24. The normalized spacial score (nSPS) is 17.9. The molecule has 0 saturated carbocycles. The molecule has 1 saturated heterocycles. The van der Waals surface area contributed by atoms with Gasteiger partial charge in [0.2, 0.25) is 0 Å². The third-order valence-electron chi connectivity index (χ3n) is 6.23. The van der Waals surface area contributed by atoms with Crippen molar-refractivity contribution in [3.63, 3.8) is 0 Å². The SMILES string of the molecule is COc1cc2c(cc1OC)C(=O)N(CC1CCCN(CCCc3cccnc3)C1)C2.Cl.Cl. The zero-order valence-corrected chi connectivity index (χ0v) is 20.4. The molecule has 32 heavy (non-hydrogen) atoms. The summed E-state index contributed by atoms with van der Waals surface area (Å²) in [7, 11) is 3.23. The second-order valence-corrected chi connectivity index (χ2v) is 8.32. The van der Waals surface area contributed by atoms with Gasteiger partial charge in [-0.05, 0) is 74.0 Å². The number of likely N-dealkylation sites (tertiary alicyclic amines) is 1. The van der Waals surface area contributed by atoms with E-state index < -0.39 is 0 Å². The number of carbonyl (C=O) groups is 1. The molecule has 1 unspecified atom stereocenters. The fourth-order valence-electron chi connectivity index (χ4n) is 4.71. The van der Waals surface area contributed by atoms with Crippen LogP contribution in [-0.2, 0) is 13.0 Å². The molecule has 0 aliphatic carbocycles. The van der Waals surface area contributed by atoms with Crippen LogP contribution in [0.4, 0.5) is 0 Å². The van der Waals surface area contributed by atoms with E-state index >= 15 is 0 Å². The van der Waals surface area contributed by atoms with Gasteiger partial charge in [-0.3, -0.25) is 9.78 Å². The van der Waals surface area contributed by atoms with Gasteiger partial charge in [0, 0.05) is 37.6 Å². The molecule has 2 aliphatic heterocycles. The Kier molecular flexibility index (Phi) is 10.1. The van der Waals surface area contributed by atoms with E-state index in [-0.39, 0.29) is 30.7 Å². The average Bonchev–Trinajstić information content (AvgIpc) is 3.08. The fraction of sp³-hybridized carbons (Fsp3) is 0.500. The van der Waals surface area contributed by atoms with Gasteiger partial charge in [-0.25, -0.2) is 0 Å². The molecule has 176 valence electrons. The van der Waals surface area contributed by atoms with E-state index in [0.717, 1.165) is 50.1 Å². The van der Waals surface area contributed by atoms with Crippen molar-refractivity contribution in [3.05, 3.63) is 53.3 Å². The van der Waals surface area contributed by atoms with Gasteiger partial charge in [0.25, 0.3) is 5.91 Å². The van der Waals surface area contributed by atoms with Crippen molar-refractivity contribution in [1.29, 1.82) is 0 Å². The summed E-state index contributed by atoms with van der Waals surface area (Å²) in [5.41, 5.74) is 3.08. The van der Waals surface area contributed by atoms with E-state index in [1.54, 1.807) is 14.2 Å². The number of methoxy groups -OCH3 is 2. The molecule has 8 heteroatoms. The molecular weight excluding hydrogens is 449 g/mol.